The van der Waals surface area contributed by atoms with Crippen molar-refractivity contribution in [3.05, 3.63) is 17.0 Å². The van der Waals surface area contributed by atoms with Gasteiger partial charge in [0.15, 0.2) is 5.69 Å². The van der Waals surface area contributed by atoms with E-state index in [2.05, 4.69) is 22.2 Å². The van der Waals surface area contributed by atoms with Crippen LogP contribution in [-0.2, 0) is 6.18 Å². The van der Waals surface area contributed by atoms with Gasteiger partial charge in [0.05, 0.1) is 0 Å². The molecule has 0 spiro atoms. The normalized spacial score (nSPS) is 23.1. The third-order valence-electron chi connectivity index (χ3n) is 3.98. The lowest BCUT2D eigenvalue weighted by molar-refractivity contribution is -0.141. The molecule has 0 amide bonds. The van der Waals surface area contributed by atoms with Crippen LogP contribution in [0.2, 0.25) is 5.28 Å². The molecule has 1 aromatic rings. The van der Waals surface area contributed by atoms with Crippen molar-refractivity contribution in [1.29, 1.82) is 0 Å². The van der Waals surface area contributed by atoms with Crippen LogP contribution in [-0.4, -0.2) is 16.5 Å². The molecule has 21 heavy (non-hydrogen) atoms. The van der Waals surface area contributed by atoms with Gasteiger partial charge in [-0.25, -0.2) is 9.97 Å². The first kappa shape index (κ1) is 16.3. The summed E-state index contributed by atoms with van der Waals surface area (Å²) in [6, 6.07) is 0.898. The molecule has 0 aliphatic heterocycles. The molecule has 0 radical (unpaired) electrons. The lowest BCUT2D eigenvalue weighted by atomic mass is 9.81. The van der Waals surface area contributed by atoms with Gasteiger partial charge in [-0.15, -0.1) is 0 Å². The Bertz CT molecular complexity index is 471. The van der Waals surface area contributed by atoms with Crippen LogP contribution in [0.4, 0.5) is 19.0 Å². The zero-order chi connectivity index (χ0) is 15.5. The molecule has 1 saturated carbocycles. The Morgan fingerprint density at radius 1 is 1.24 bits per heavy atom. The topological polar surface area (TPSA) is 37.8 Å². The predicted molar refractivity (Wildman–Crippen MR) is 76.3 cm³/mol. The molecule has 118 valence electrons. The highest BCUT2D eigenvalue weighted by Crippen LogP contribution is 2.31. The second-order valence-electron chi connectivity index (χ2n) is 5.75. The maximum absolute atomic E-state index is 12.6. The number of hydrogen-bond acceptors (Lipinski definition) is 3. The molecule has 0 atom stereocenters. The molecule has 0 bridgehead atoms. The third kappa shape index (κ3) is 5.02. The van der Waals surface area contributed by atoms with Gasteiger partial charge in [0.25, 0.3) is 0 Å². The Hall–Kier alpha value is -1.04. The number of anilines is 1. The van der Waals surface area contributed by atoms with Crippen LogP contribution < -0.4 is 5.32 Å². The lowest BCUT2D eigenvalue weighted by Crippen LogP contribution is -2.17. The van der Waals surface area contributed by atoms with E-state index in [1.807, 2.05) is 0 Å². The Labute approximate surface area is 127 Å². The molecule has 1 fully saturated rings. The molecule has 7 heteroatoms. The molecule has 2 rings (SSSR count). The smallest absolute Gasteiger partial charge is 0.370 e. The van der Waals surface area contributed by atoms with E-state index in [0.717, 1.165) is 18.4 Å². The van der Waals surface area contributed by atoms with E-state index in [1.165, 1.54) is 25.7 Å². The second-order valence-corrected chi connectivity index (χ2v) is 6.08. The van der Waals surface area contributed by atoms with Crippen molar-refractivity contribution >= 4 is 17.4 Å². The van der Waals surface area contributed by atoms with Gasteiger partial charge in [-0.05, 0) is 29.9 Å². The molecule has 1 aliphatic rings. The summed E-state index contributed by atoms with van der Waals surface area (Å²) in [5, 5.41) is 2.53. The van der Waals surface area contributed by atoms with E-state index in [4.69, 9.17) is 11.6 Å². The van der Waals surface area contributed by atoms with Gasteiger partial charge in [0.2, 0.25) is 5.28 Å². The molecular formula is C14H19ClF3N3. The fourth-order valence-electron chi connectivity index (χ4n) is 2.68. The van der Waals surface area contributed by atoms with Crippen LogP contribution in [0, 0.1) is 11.8 Å². The molecule has 0 aromatic carbocycles. The predicted octanol–water partition coefficient (Wildman–Crippen LogP) is 4.78. The number of halogens is 4. The van der Waals surface area contributed by atoms with Gasteiger partial charge in [-0.2, -0.15) is 13.2 Å². The lowest BCUT2D eigenvalue weighted by Gasteiger charge is -2.26. The van der Waals surface area contributed by atoms with Crippen LogP contribution in [0.1, 0.15) is 44.7 Å². The highest BCUT2D eigenvalue weighted by Gasteiger charge is 2.33. The standard InChI is InChI=1S/C14H19ClF3N3/c1-9-2-4-10(5-3-9)6-7-19-12-8-11(14(16,17)18)20-13(15)21-12/h8-10H,2-7H2,1H3,(H,19,20,21). The van der Waals surface area contributed by atoms with Crippen molar-refractivity contribution in [3.63, 3.8) is 0 Å². The maximum atomic E-state index is 12.6. The summed E-state index contributed by atoms with van der Waals surface area (Å²) in [7, 11) is 0. The number of nitrogens with zero attached hydrogens (tertiary/aromatic N) is 2. The molecule has 1 N–H and O–H groups in total. The third-order valence-corrected chi connectivity index (χ3v) is 4.15. The zero-order valence-corrected chi connectivity index (χ0v) is 12.6. The van der Waals surface area contributed by atoms with Crippen molar-refractivity contribution in [3.8, 4) is 0 Å². The van der Waals surface area contributed by atoms with Gasteiger partial charge in [0.1, 0.15) is 5.82 Å². The monoisotopic (exact) mass is 321 g/mol. The van der Waals surface area contributed by atoms with Crippen molar-refractivity contribution in [1.82, 2.24) is 9.97 Å². The molecule has 1 aromatic heterocycles. The van der Waals surface area contributed by atoms with Crippen molar-refractivity contribution in [2.24, 2.45) is 11.8 Å². The van der Waals surface area contributed by atoms with E-state index in [1.54, 1.807) is 0 Å². The van der Waals surface area contributed by atoms with Crippen LogP contribution in [0.3, 0.4) is 0 Å². The number of hydrogen-bond donors (Lipinski definition) is 1. The van der Waals surface area contributed by atoms with Crippen LogP contribution >= 0.6 is 11.6 Å². The van der Waals surface area contributed by atoms with Crippen LogP contribution in [0.5, 0.6) is 0 Å². The first-order valence-corrected chi connectivity index (χ1v) is 7.58. The number of nitrogens with one attached hydrogen (secondary N) is 1. The fraction of sp³-hybridized carbons (Fsp3) is 0.714. The summed E-state index contributed by atoms with van der Waals surface area (Å²) in [5.41, 5.74) is -1.02. The summed E-state index contributed by atoms with van der Waals surface area (Å²) >= 11 is 5.54. The van der Waals surface area contributed by atoms with Gasteiger partial charge in [-0.3, -0.25) is 0 Å². The Morgan fingerprint density at radius 3 is 2.52 bits per heavy atom. The first-order chi connectivity index (χ1) is 9.84. The molecule has 3 nitrogen and oxygen atoms in total. The number of alkyl halides is 3. The van der Waals surface area contributed by atoms with E-state index in [0.29, 0.717) is 12.5 Å². The quantitative estimate of drug-likeness (QED) is 0.811. The van der Waals surface area contributed by atoms with E-state index in [-0.39, 0.29) is 11.1 Å². The summed E-state index contributed by atoms with van der Waals surface area (Å²) in [6.45, 7) is 2.86. The zero-order valence-electron chi connectivity index (χ0n) is 11.9. The van der Waals surface area contributed by atoms with Gasteiger partial charge >= 0.3 is 6.18 Å². The summed E-state index contributed by atoms with van der Waals surface area (Å²) in [6.07, 6.45) is 1.30. The average molecular weight is 322 g/mol. The largest absolute Gasteiger partial charge is 0.433 e. The summed E-state index contributed by atoms with van der Waals surface area (Å²) in [4.78, 5) is 6.99. The Morgan fingerprint density at radius 2 is 1.90 bits per heavy atom. The second kappa shape index (κ2) is 6.81. The molecule has 1 aliphatic carbocycles. The van der Waals surface area contributed by atoms with Crippen molar-refractivity contribution in [2.75, 3.05) is 11.9 Å². The van der Waals surface area contributed by atoms with E-state index in [9.17, 15) is 13.2 Å². The number of rotatable bonds is 4. The summed E-state index contributed by atoms with van der Waals surface area (Å²) in [5.74, 6) is 1.57. The molecule has 0 saturated heterocycles. The minimum atomic E-state index is -4.51. The highest BCUT2D eigenvalue weighted by molar-refractivity contribution is 6.28. The van der Waals surface area contributed by atoms with Gasteiger partial charge < -0.3 is 5.32 Å². The van der Waals surface area contributed by atoms with Gasteiger partial charge in [-0.1, -0.05) is 32.6 Å². The Kier molecular flexibility index (Phi) is 5.30. The first-order valence-electron chi connectivity index (χ1n) is 7.20. The SMILES string of the molecule is CC1CCC(CCNc2cc(C(F)(F)F)nc(Cl)n2)CC1. The fourth-order valence-corrected chi connectivity index (χ4v) is 2.86. The Balaban J connectivity index is 1.87. The maximum Gasteiger partial charge on any atom is 0.433 e. The van der Waals surface area contributed by atoms with Crippen molar-refractivity contribution in [2.45, 2.75) is 45.2 Å². The van der Waals surface area contributed by atoms with Crippen LogP contribution in [0.15, 0.2) is 6.07 Å². The highest BCUT2D eigenvalue weighted by atomic mass is 35.5. The molecule has 1 heterocycles. The van der Waals surface area contributed by atoms with E-state index >= 15 is 0 Å². The minimum Gasteiger partial charge on any atom is -0.370 e. The number of aromatic nitrogens is 2. The minimum absolute atomic E-state index is 0.131. The van der Waals surface area contributed by atoms with Crippen LogP contribution in [0.25, 0.3) is 0 Å². The molecular weight excluding hydrogens is 303 g/mol. The van der Waals surface area contributed by atoms with Crippen molar-refractivity contribution < 1.29 is 13.2 Å². The summed E-state index contributed by atoms with van der Waals surface area (Å²) < 4.78 is 37.9. The molecule has 0 unspecified atom stereocenters. The van der Waals surface area contributed by atoms with E-state index < -0.39 is 11.9 Å². The van der Waals surface area contributed by atoms with Gasteiger partial charge in [0, 0.05) is 12.6 Å². The average Bonchev–Trinajstić information content (AvgIpc) is 2.39.